The number of carboxylic acid groups (broad SMARTS) is 1. The second kappa shape index (κ2) is 12.4. The van der Waals surface area contributed by atoms with Crippen molar-refractivity contribution in [3.8, 4) is 11.1 Å². The van der Waals surface area contributed by atoms with Crippen LogP contribution in [0.5, 0.6) is 0 Å². The summed E-state index contributed by atoms with van der Waals surface area (Å²) in [6, 6.07) is 11.1. The van der Waals surface area contributed by atoms with E-state index in [4.69, 9.17) is 14.6 Å². The fourth-order valence-electron chi connectivity index (χ4n) is 7.87. The molecule has 2 aromatic carbocycles. The minimum absolute atomic E-state index is 0.173. The number of halogens is 1. The molecule has 0 bridgehead atoms. The van der Waals surface area contributed by atoms with Crippen molar-refractivity contribution in [2.45, 2.75) is 71.3 Å². The fourth-order valence-corrected chi connectivity index (χ4v) is 7.87. The number of hydrogen-bond acceptors (Lipinski definition) is 4. The van der Waals surface area contributed by atoms with Crippen LogP contribution in [0.25, 0.3) is 22.0 Å². The lowest BCUT2D eigenvalue weighted by molar-refractivity contribution is -0.00986. The van der Waals surface area contributed by atoms with E-state index < -0.39 is 11.8 Å². The number of allylic oxidation sites excluding steroid dienone is 3. The Kier molecular flexibility index (Phi) is 8.19. The Morgan fingerprint density at radius 1 is 1.09 bits per heavy atom. The van der Waals surface area contributed by atoms with E-state index in [1.807, 2.05) is 42.8 Å². The Morgan fingerprint density at radius 2 is 1.91 bits per heavy atom. The van der Waals surface area contributed by atoms with Crippen molar-refractivity contribution in [1.29, 1.82) is 0 Å². The van der Waals surface area contributed by atoms with Crippen LogP contribution in [0.3, 0.4) is 0 Å². The van der Waals surface area contributed by atoms with E-state index in [2.05, 4.69) is 24.3 Å². The summed E-state index contributed by atoms with van der Waals surface area (Å²) in [6.07, 6.45) is 14.2. The average Bonchev–Trinajstić information content (AvgIpc) is 3.52. The number of carbonyl (C=O) groups is 1. The van der Waals surface area contributed by atoms with Crippen molar-refractivity contribution in [3.05, 3.63) is 100 Å². The van der Waals surface area contributed by atoms with Gasteiger partial charge in [0.25, 0.3) is 0 Å². The van der Waals surface area contributed by atoms with Gasteiger partial charge in [0.2, 0.25) is 0 Å². The van der Waals surface area contributed by atoms with Gasteiger partial charge in [-0.1, -0.05) is 61.9 Å². The number of hydrogen-bond donors (Lipinski definition) is 1. The molecule has 0 spiro atoms. The number of nitrogens with zero attached hydrogens (tertiary/aromatic N) is 3. The third-order valence-electron chi connectivity index (χ3n) is 9.90. The van der Waals surface area contributed by atoms with Crippen LogP contribution in [0.1, 0.15) is 71.2 Å². The molecule has 1 aliphatic heterocycles. The highest BCUT2D eigenvalue weighted by Crippen LogP contribution is 2.41. The number of aryl methyl sites for hydroxylation is 2. The Bertz CT molecular complexity index is 1820. The van der Waals surface area contributed by atoms with Crippen LogP contribution in [0.15, 0.2) is 60.7 Å². The lowest BCUT2D eigenvalue weighted by Gasteiger charge is -2.36. The van der Waals surface area contributed by atoms with E-state index in [1.165, 1.54) is 12.5 Å². The lowest BCUT2D eigenvalue weighted by Crippen LogP contribution is -2.33. The molecule has 45 heavy (non-hydrogen) atoms. The number of carboxylic acids is 1. The molecule has 7 nitrogen and oxygen atoms in total. The summed E-state index contributed by atoms with van der Waals surface area (Å²) in [5.41, 5.74) is 6.05. The first-order chi connectivity index (χ1) is 22.0. The van der Waals surface area contributed by atoms with Gasteiger partial charge >= 0.3 is 5.97 Å². The zero-order valence-electron chi connectivity index (χ0n) is 26.0. The average molecular weight is 610 g/mol. The van der Waals surface area contributed by atoms with Gasteiger partial charge in [-0.2, -0.15) is 5.10 Å². The van der Waals surface area contributed by atoms with Crippen molar-refractivity contribution in [2.24, 2.45) is 18.9 Å². The smallest absolute Gasteiger partial charge is 0.352 e. The molecule has 0 saturated heterocycles. The fraction of sp³-hybridized carbons (Fsp3) is 0.405. The van der Waals surface area contributed by atoms with Gasteiger partial charge in [-0.3, -0.25) is 4.68 Å². The van der Waals surface area contributed by atoms with Gasteiger partial charge < -0.3 is 19.1 Å². The summed E-state index contributed by atoms with van der Waals surface area (Å²) < 4.78 is 32.4. The van der Waals surface area contributed by atoms with E-state index in [0.717, 1.165) is 40.6 Å². The van der Waals surface area contributed by atoms with Gasteiger partial charge in [-0.15, -0.1) is 0 Å². The Balaban J connectivity index is 1.33. The van der Waals surface area contributed by atoms with Crippen LogP contribution in [0, 0.1) is 17.7 Å². The van der Waals surface area contributed by atoms with Crippen LogP contribution >= 0.6 is 0 Å². The van der Waals surface area contributed by atoms with E-state index in [0.29, 0.717) is 66.6 Å². The van der Waals surface area contributed by atoms with Crippen molar-refractivity contribution >= 4 is 16.9 Å². The number of fused-ring (bicyclic) bond motifs is 4. The Labute approximate surface area is 263 Å². The monoisotopic (exact) mass is 609 g/mol. The minimum Gasteiger partial charge on any atom is -0.477 e. The van der Waals surface area contributed by atoms with Gasteiger partial charge in [-0.05, 0) is 66.8 Å². The molecule has 234 valence electrons. The number of aromatic carboxylic acids is 1. The van der Waals surface area contributed by atoms with E-state index in [-0.39, 0.29) is 24.9 Å². The molecule has 3 aliphatic rings. The van der Waals surface area contributed by atoms with E-state index in [1.54, 1.807) is 10.7 Å². The van der Waals surface area contributed by atoms with Crippen LogP contribution in [0.4, 0.5) is 4.39 Å². The Morgan fingerprint density at radius 3 is 2.73 bits per heavy atom. The number of rotatable bonds is 7. The molecule has 4 aromatic rings. The van der Waals surface area contributed by atoms with Crippen molar-refractivity contribution in [1.82, 2.24) is 14.3 Å². The third kappa shape index (κ3) is 5.34. The molecular weight excluding hydrogens is 569 g/mol. The molecule has 0 amide bonds. The predicted molar refractivity (Wildman–Crippen MR) is 172 cm³/mol. The third-order valence-corrected chi connectivity index (χ3v) is 9.90. The summed E-state index contributed by atoms with van der Waals surface area (Å²) in [7, 11) is 1.87. The van der Waals surface area contributed by atoms with Gasteiger partial charge in [0, 0.05) is 48.3 Å². The molecule has 1 fully saturated rings. The van der Waals surface area contributed by atoms with E-state index >= 15 is 4.39 Å². The van der Waals surface area contributed by atoms with Gasteiger partial charge in [-0.25, -0.2) is 9.18 Å². The number of ether oxygens (including phenoxy) is 2. The standard InChI is InChI=1S/C37H40FN3O4/c1-3-31-34-30(39-40(31)2)22-44-21-25-12-5-4-11-24(25)20-41-35-28(17-18-29(38)33(34)35)27(36(41)37(42)43)15-9-19-45-32-16-8-13-23-10-6-7-14-26(23)32/h4-7,10-12,14,17-18,23,26,32H,3,8-9,13,15-16,19-22H2,1-2H3,(H,42,43). The topological polar surface area (TPSA) is 78.5 Å². The normalized spacial score (nSPS) is 20.8. The van der Waals surface area contributed by atoms with Gasteiger partial charge in [0.15, 0.2) is 0 Å². The maximum absolute atomic E-state index is 16.2. The molecule has 8 heteroatoms. The second-order valence-electron chi connectivity index (χ2n) is 12.5. The quantitative estimate of drug-likeness (QED) is 0.221. The molecule has 3 heterocycles. The number of benzene rings is 2. The van der Waals surface area contributed by atoms with Crippen LogP contribution < -0.4 is 0 Å². The summed E-state index contributed by atoms with van der Waals surface area (Å²) in [5.74, 6) is -0.488. The Hall–Kier alpha value is -4.01. The highest BCUT2D eigenvalue weighted by molar-refractivity contribution is 6.04. The first-order valence-corrected chi connectivity index (χ1v) is 16.2. The molecule has 2 aliphatic carbocycles. The molecule has 1 N–H and O–H groups in total. The summed E-state index contributed by atoms with van der Waals surface area (Å²) in [5, 5.41) is 16.3. The van der Waals surface area contributed by atoms with Crippen LogP contribution in [0.2, 0.25) is 0 Å². The second-order valence-corrected chi connectivity index (χ2v) is 12.5. The predicted octanol–water partition coefficient (Wildman–Crippen LogP) is 7.38. The van der Waals surface area contributed by atoms with Crippen LogP contribution in [-0.4, -0.2) is 38.1 Å². The zero-order chi connectivity index (χ0) is 31.1. The highest BCUT2D eigenvalue weighted by atomic mass is 19.1. The number of aromatic nitrogens is 3. The zero-order valence-corrected chi connectivity index (χ0v) is 26.0. The maximum Gasteiger partial charge on any atom is 0.352 e. The minimum atomic E-state index is -1.02. The van der Waals surface area contributed by atoms with Gasteiger partial charge in [0.05, 0.1) is 30.5 Å². The van der Waals surface area contributed by atoms with E-state index in [9.17, 15) is 9.90 Å². The highest BCUT2D eigenvalue weighted by Gasteiger charge is 2.33. The van der Waals surface area contributed by atoms with Crippen molar-refractivity contribution in [2.75, 3.05) is 6.61 Å². The summed E-state index contributed by atoms with van der Waals surface area (Å²) in [4.78, 5) is 13.1. The first kappa shape index (κ1) is 29.7. The molecule has 0 radical (unpaired) electrons. The molecular formula is C37H40FN3O4. The molecule has 3 atom stereocenters. The van der Waals surface area contributed by atoms with Crippen molar-refractivity contribution < 1.29 is 23.8 Å². The maximum atomic E-state index is 16.2. The molecule has 1 saturated carbocycles. The largest absolute Gasteiger partial charge is 0.477 e. The van der Waals surface area contributed by atoms with Crippen molar-refractivity contribution in [3.63, 3.8) is 0 Å². The molecule has 7 rings (SSSR count). The molecule has 2 aromatic heterocycles. The summed E-state index contributed by atoms with van der Waals surface area (Å²) >= 11 is 0. The SMILES string of the molecule is CCc1c2c(nn1C)COCc1ccccc1Cn1c(C(=O)O)c(CCCOC3CCCC4C=CC=CC43)c3ccc(F)c-2c31. The first-order valence-electron chi connectivity index (χ1n) is 16.2. The lowest BCUT2D eigenvalue weighted by atomic mass is 9.75. The van der Waals surface area contributed by atoms with Gasteiger partial charge in [0.1, 0.15) is 11.5 Å². The van der Waals surface area contributed by atoms with Crippen LogP contribution in [-0.2, 0) is 49.1 Å². The molecule has 3 unspecified atom stereocenters. The summed E-state index contributed by atoms with van der Waals surface area (Å²) in [6.45, 7) is 3.42.